The molecule has 0 aromatic heterocycles. The number of hydrogen-bond acceptors (Lipinski definition) is 4. The van der Waals surface area contributed by atoms with Gasteiger partial charge in [0.1, 0.15) is 5.75 Å². The summed E-state index contributed by atoms with van der Waals surface area (Å²) < 4.78 is 10.3. The summed E-state index contributed by atoms with van der Waals surface area (Å²) in [5, 5.41) is 0. The molecule has 0 unspecified atom stereocenters. The first kappa shape index (κ1) is 20.0. The zero-order chi connectivity index (χ0) is 18.8. The molecule has 0 bridgehead atoms. The second-order valence-corrected chi connectivity index (χ2v) is 6.67. The van der Waals surface area contributed by atoms with Gasteiger partial charge in [-0.2, -0.15) is 0 Å². The smallest absolute Gasteiger partial charge is 0.307 e. The third-order valence-corrected chi connectivity index (χ3v) is 4.64. The summed E-state index contributed by atoms with van der Waals surface area (Å²) >= 11 is 0. The fourth-order valence-electron chi connectivity index (χ4n) is 2.97. The van der Waals surface area contributed by atoms with Crippen LogP contribution in [0.15, 0.2) is 35.9 Å². The molecule has 0 fully saturated rings. The van der Waals surface area contributed by atoms with E-state index in [4.69, 9.17) is 9.47 Å². The molecule has 1 aromatic rings. The number of allylic oxidation sites excluding steroid dienone is 1. The topological polar surface area (TPSA) is 55.8 Å². The molecular weight excluding hydrogens is 330 g/mol. The van der Waals surface area contributed by atoms with Gasteiger partial charge in [-0.3, -0.25) is 9.59 Å². The molecule has 0 N–H and O–H groups in total. The number of methoxy groups -OCH3 is 1. The highest BCUT2D eigenvalue weighted by atomic mass is 16.5. The number of benzene rings is 1. The average Bonchev–Trinajstić information content (AvgIpc) is 2.67. The number of esters is 1. The van der Waals surface area contributed by atoms with Crippen molar-refractivity contribution in [1.29, 1.82) is 0 Å². The van der Waals surface area contributed by atoms with Crippen LogP contribution in [0.3, 0.4) is 0 Å². The third-order valence-electron chi connectivity index (χ3n) is 4.64. The van der Waals surface area contributed by atoms with E-state index in [0.29, 0.717) is 18.8 Å². The zero-order valence-corrected chi connectivity index (χ0v) is 15.8. The summed E-state index contributed by atoms with van der Waals surface area (Å²) in [4.78, 5) is 25.7. The average molecular weight is 359 g/mol. The number of nitrogens with zero attached hydrogens (tertiary/aromatic N) is 1. The SMILES string of the molecule is COC(=O)CCN(CCC1=CCCCC1)C(=O)COc1ccc(C)cc1. The predicted octanol–water partition coefficient (Wildman–Crippen LogP) is 3.66. The Morgan fingerprint density at radius 3 is 2.54 bits per heavy atom. The quantitative estimate of drug-likeness (QED) is 0.499. The molecule has 0 radical (unpaired) electrons. The Morgan fingerprint density at radius 1 is 1.12 bits per heavy atom. The molecule has 1 aliphatic rings. The summed E-state index contributed by atoms with van der Waals surface area (Å²) in [6, 6.07) is 7.61. The summed E-state index contributed by atoms with van der Waals surface area (Å²) in [6.07, 6.45) is 8.05. The van der Waals surface area contributed by atoms with Crippen LogP contribution in [-0.2, 0) is 14.3 Å². The van der Waals surface area contributed by atoms with Crippen molar-refractivity contribution in [1.82, 2.24) is 4.90 Å². The summed E-state index contributed by atoms with van der Waals surface area (Å²) in [7, 11) is 1.36. The van der Waals surface area contributed by atoms with Crippen LogP contribution in [0.4, 0.5) is 0 Å². The van der Waals surface area contributed by atoms with Gasteiger partial charge in [0, 0.05) is 13.1 Å². The molecule has 0 saturated carbocycles. The van der Waals surface area contributed by atoms with Crippen LogP contribution in [0.2, 0.25) is 0 Å². The Balaban J connectivity index is 1.89. The maximum absolute atomic E-state index is 12.6. The van der Waals surface area contributed by atoms with Gasteiger partial charge in [0.05, 0.1) is 13.5 Å². The van der Waals surface area contributed by atoms with E-state index >= 15 is 0 Å². The lowest BCUT2D eigenvalue weighted by Gasteiger charge is -2.24. The van der Waals surface area contributed by atoms with Gasteiger partial charge >= 0.3 is 5.97 Å². The summed E-state index contributed by atoms with van der Waals surface area (Å²) in [6.45, 7) is 2.95. The highest BCUT2D eigenvalue weighted by Crippen LogP contribution is 2.20. The lowest BCUT2D eigenvalue weighted by molar-refractivity contribution is -0.142. The van der Waals surface area contributed by atoms with Crippen LogP contribution in [0.25, 0.3) is 0 Å². The first-order chi connectivity index (χ1) is 12.6. The molecule has 0 saturated heterocycles. The lowest BCUT2D eigenvalue weighted by atomic mass is 9.97. The number of rotatable bonds is 9. The number of carbonyl (C=O) groups is 2. The van der Waals surface area contributed by atoms with E-state index in [-0.39, 0.29) is 24.9 Å². The molecule has 0 aliphatic heterocycles. The molecule has 142 valence electrons. The van der Waals surface area contributed by atoms with Crippen LogP contribution in [0.5, 0.6) is 5.75 Å². The normalized spacial score (nSPS) is 13.7. The molecule has 0 heterocycles. The molecule has 5 heteroatoms. The summed E-state index contributed by atoms with van der Waals surface area (Å²) in [5.41, 5.74) is 2.55. The Bertz CT molecular complexity index is 621. The van der Waals surface area contributed by atoms with Gasteiger partial charge in [-0.05, 0) is 51.2 Å². The zero-order valence-electron chi connectivity index (χ0n) is 15.8. The van der Waals surface area contributed by atoms with Crippen LogP contribution < -0.4 is 4.74 Å². The summed E-state index contributed by atoms with van der Waals surface area (Å²) in [5.74, 6) is 0.261. The van der Waals surface area contributed by atoms with Crippen molar-refractivity contribution in [3.8, 4) is 5.75 Å². The van der Waals surface area contributed by atoms with Gasteiger partial charge in [-0.1, -0.05) is 29.3 Å². The Hall–Kier alpha value is -2.30. The predicted molar refractivity (Wildman–Crippen MR) is 101 cm³/mol. The minimum absolute atomic E-state index is 0.0245. The van der Waals surface area contributed by atoms with Gasteiger partial charge in [0.25, 0.3) is 5.91 Å². The van der Waals surface area contributed by atoms with Gasteiger partial charge < -0.3 is 14.4 Å². The van der Waals surface area contributed by atoms with E-state index in [0.717, 1.165) is 24.8 Å². The number of hydrogen-bond donors (Lipinski definition) is 0. The number of amides is 1. The molecular formula is C21H29NO4. The second kappa shape index (κ2) is 10.6. The van der Waals surface area contributed by atoms with Crippen molar-refractivity contribution in [2.45, 2.75) is 45.4 Å². The minimum atomic E-state index is -0.306. The van der Waals surface area contributed by atoms with Crippen molar-refractivity contribution < 1.29 is 19.1 Å². The van der Waals surface area contributed by atoms with Crippen LogP contribution in [0, 0.1) is 6.92 Å². The molecule has 1 aliphatic carbocycles. The number of ether oxygens (including phenoxy) is 2. The fourth-order valence-corrected chi connectivity index (χ4v) is 2.97. The molecule has 2 rings (SSSR count). The molecule has 5 nitrogen and oxygen atoms in total. The van der Waals surface area contributed by atoms with Gasteiger partial charge in [0.15, 0.2) is 6.61 Å². The molecule has 1 aromatic carbocycles. The van der Waals surface area contributed by atoms with Crippen molar-refractivity contribution in [3.63, 3.8) is 0 Å². The van der Waals surface area contributed by atoms with E-state index in [1.807, 2.05) is 31.2 Å². The standard InChI is InChI=1S/C21H29NO4/c1-17-8-10-19(11-9-17)26-16-20(23)22(15-13-21(24)25-2)14-12-18-6-4-3-5-7-18/h6,8-11H,3-5,7,12-16H2,1-2H3. The van der Waals surface area contributed by atoms with E-state index in [2.05, 4.69) is 6.08 Å². The highest BCUT2D eigenvalue weighted by Gasteiger charge is 2.17. The largest absolute Gasteiger partial charge is 0.484 e. The van der Waals surface area contributed by atoms with E-state index in [1.54, 1.807) is 4.90 Å². The molecule has 0 spiro atoms. The van der Waals surface area contributed by atoms with Gasteiger partial charge in [0.2, 0.25) is 0 Å². The van der Waals surface area contributed by atoms with Gasteiger partial charge in [-0.25, -0.2) is 0 Å². The van der Waals surface area contributed by atoms with E-state index in [1.165, 1.54) is 25.5 Å². The third kappa shape index (κ3) is 6.90. The van der Waals surface area contributed by atoms with Crippen LogP contribution in [-0.4, -0.2) is 43.6 Å². The number of carbonyl (C=O) groups excluding carboxylic acids is 2. The highest BCUT2D eigenvalue weighted by molar-refractivity contribution is 5.78. The molecule has 0 atom stereocenters. The van der Waals surface area contributed by atoms with Crippen molar-refractivity contribution in [2.24, 2.45) is 0 Å². The first-order valence-electron chi connectivity index (χ1n) is 9.30. The van der Waals surface area contributed by atoms with E-state index in [9.17, 15) is 9.59 Å². The maximum atomic E-state index is 12.6. The monoisotopic (exact) mass is 359 g/mol. The first-order valence-corrected chi connectivity index (χ1v) is 9.30. The Kier molecular flexibility index (Phi) is 8.19. The fraction of sp³-hybridized carbons (Fsp3) is 0.524. The van der Waals surface area contributed by atoms with Gasteiger partial charge in [-0.15, -0.1) is 0 Å². The minimum Gasteiger partial charge on any atom is -0.484 e. The van der Waals surface area contributed by atoms with Crippen molar-refractivity contribution >= 4 is 11.9 Å². The Labute approximate surface area is 156 Å². The van der Waals surface area contributed by atoms with Crippen molar-refractivity contribution in [2.75, 3.05) is 26.8 Å². The van der Waals surface area contributed by atoms with Crippen LogP contribution >= 0.6 is 0 Å². The van der Waals surface area contributed by atoms with E-state index < -0.39 is 0 Å². The number of aryl methyl sites for hydroxylation is 1. The van der Waals surface area contributed by atoms with Crippen LogP contribution in [0.1, 0.15) is 44.1 Å². The van der Waals surface area contributed by atoms with Crippen molar-refractivity contribution in [3.05, 3.63) is 41.5 Å². The Morgan fingerprint density at radius 2 is 1.88 bits per heavy atom. The molecule has 26 heavy (non-hydrogen) atoms. The second-order valence-electron chi connectivity index (χ2n) is 6.67. The molecule has 1 amide bonds. The maximum Gasteiger partial charge on any atom is 0.307 e. The lowest BCUT2D eigenvalue weighted by Crippen LogP contribution is -2.37.